The monoisotopic (exact) mass is 422 g/mol. The van der Waals surface area contributed by atoms with Crippen LogP contribution in [0.25, 0.3) is 20.8 Å². The predicted molar refractivity (Wildman–Crippen MR) is 117 cm³/mol. The number of halogens is 2. The van der Waals surface area contributed by atoms with Crippen molar-refractivity contribution >= 4 is 45.6 Å². The molecule has 0 radical (unpaired) electrons. The van der Waals surface area contributed by atoms with Gasteiger partial charge in [-0.15, -0.1) is 23.7 Å². The average Bonchev–Trinajstić information content (AvgIpc) is 3.06. The van der Waals surface area contributed by atoms with Crippen LogP contribution in [0.15, 0.2) is 36.4 Å². The summed E-state index contributed by atoms with van der Waals surface area (Å²) < 4.78 is 14.3. The highest BCUT2D eigenvalue weighted by Gasteiger charge is 2.15. The number of carbonyl (C=O) groups is 1. The molecule has 5 N–H and O–H groups in total. The van der Waals surface area contributed by atoms with E-state index < -0.39 is 6.04 Å². The minimum Gasteiger partial charge on any atom is -0.330 e. The number of hydrogen-bond donors (Lipinski definition) is 3. The van der Waals surface area contributed by atoms with Crippen molar-refractivity contribution in [1.82, 2.24) is 4.98 Å². The lowest BCUT2D eigenvalue weighted by Gasteiger charge is -2.14. The Hall–Kier alpha value is -2.06. The molecule has 0 unspecified atom stereocenters. The Kier molecular flexibility index (Phi) is 7.88. The Bertz CT molecular complexity index is 963. The molecule has 0 saturated carbocycles. The van der Waals surface area contributed by atoms with Crippen molar-refractivity contribution in [2.75, 3.05) is 11.9 Å². The minimum atomic E-state index is -0.546. The minimum absolute atomic E-state index is 0. The average molecular weight is 423 g/mol. The molecule has 0 aliphatic heterocycles. The van der Waals surface area contributed by atoms with Crippen molar-refractivity contribution in [3.63, 3.8) is 0 Å². The highest BCUT2D eigenvalue weighted by atomic mass is 35.5. The van der Waals surface area contributed by atoms with Crippen LogP contribution < -0.4 is 16.8 Å². The predicted octanol–water partition coefficient (Wildman–Crippen LogP) is 4.23. The van der Waals surface area contributed by atoms with Gasteiger partial charge in [-0.25, -0.2) is 9.37 Å². The van der Waals surface area contributed by atoms with E-state index in [9.17, 15) is 9.18 Å². The van der Waals surface area contributed by atoms with Crippen LogP contribution in [-0.2, 0) is 4.79 Å². The fraction of sp³-hybridized carbons (Fsp3) is 0.300. The Labute approximate surface area is 173 Å². The zero-order valence-corrected chi connectivity index (χ0v) is 17.2. The first-order valence-electron chi connectivity index (χ1n) is 8.91. The van der Waals surface area contributed by atoms with Gasteiger partial charge in [0.15, 0.2) is 0 Å². The summed E-state index contributed by atoms with van der Waals surface area (Å²) in [4.78, 5) is 16.8. The molecule has 5 nitrogen and oxygen atoms in total. The van der Waals surface area contributed by atoms with Gasteiger partial charge in [-0.05, 0) is 62.2 Å². The highest BCUT2D eigenvalue weighted by Crippen LogP contribution is 2.32. The van der Waals surface area contributed by atoms with E-state index in [0.29, 0.717) is 18.5 Å². The third kappa shape index (κ3) is 5.26. The summed E-state index contributed by atoms with van der Waals surface area (Å²) >= 11 is 1.51. The number of thiazole rings is 1. The summed E-state index contributed by atoms with van der Waals surface area (Å²) in [5, 5.41) is 3.70. The Morgan fingerprint density at radius 1 is 1.25 bits per heavy atom. The van der Waals surface area contributed by atoms with Crippen LogP contribution >= 0.6 is 23.7 Å². The van der Waals surface area contributed by atoms with E-state index in [1.807, 2.05) is 25.1 Å². The van der Waals surface area contributed by atoms with Crippen LogP contribution in [0, 0.1) is 12.7 Å². The Morgan fingerprint density at radius 2 is 2.04 bits per heavy atom. The lowest BCUT2D eigenvalue weighted by Crippen LogP contribution is -2.35. The first-order valence-corrected chi connectivity index (χ1v) is 9.73. The third-order valence-corrected chi connectivity index (χ3v) is 5.47. The number of unbranched alkanes of at least 4 members (excludes halogenated alkanes) is 1. The second-order valence-corrected chi connectivity index (χ2v) is 7.57. The van der Waals surface area contributed by atoms with Crippen molar-refractivity contribution in [2.24, 2.45) is 11.5 Å². The maximum atomic E-state index is 13.4. The molecule has 0 saturated heterocycles. The Balaban J connectivity index is 0.00000280. The van der Waals surface area contributed by atoms with Crippen molar-refractivity contribution in [3.05, 3.63) is 47.8 Å². The number of aromatic nitrogens is 1. The van der Waals surface area contributed by atoms with Gasteiger partial charge in [0, 0.05) is 17.3 Å². The zero-order valence-electron chi connectivity index (χ0n) is 15.6. The molecule has 3 aromatic rings. The van der Waals surface area contributed by atoms with Gasteiger partial charge in [0.05, 0.1) is 16.3 Å². The molecule has 1 aromatic heterocycles. The van der Waals surface area contributed by atoms with Gasteiger partial charge < -0.3 is 16.8 Å². The van der Waals surface area contributed by atoms with E-state index in [2.05, 4.69) is 10.3 Å². The molecule has 0 spiro atoms. The second-order valence-electron chi connectivity index (χ2n) is 6.54. The number of nitrogens with zero attached hydrogens (tertiary/aromatic N) is 1. The van der Waals surface area contributed by atoms with Crippen molar-refractivity contribution in [1.29, 1.82) is 0 Å². The number of amides is 1. The van der Waals surface area contributed by atoms with Gasteiger partial charge in [-0.1, -0.05) is 6.42 Å². The summed E-state index contributed by atoms with van der Waals surface area (Å²) in [6.45, 7) is 2.53. The molecule has 3 rings (SSSR count). The number of carbonyl (C=O) groups excluding carboxylic acids is 1. The first-order chi connectivity index (χ1) is 13.0. The summed E-state index contributed by atoms with van der Waals surface area (Å²) in [6.07, 6.45) is 2.31. The van der Waals surface area contributed by atoms with Crippen LogP contribution in [0.4, 0.5) is 10.1 Å². The fourth-order valence-corrected chi connectivity index (χ4v) is 3.77. The van der Waals surface area contributed by atoms with Gasteiger partial charge in [-0.2, -0.15) is 0 Å². The molecule has 28 heavy (non-hydrogen) atoms. The zero-order chi connectivity index (χ0) is 19.4. The second kappa shape index (κ2) is 9.93. The molecule has 0 aliphatic rings. The summed E-state index contributed by atoms with van der Waals surface area (Å²) in [5.41, 5.74) is 14.6. The molecule has 1 amide bonds. The van der Waals surface area contributed by atoms with Crippen LogP contribution in [-0.4, -0.2) is 23.5 Å². The normalized spacial score (nSPS) is 11.9. The SMILES string of the molecule is Cc1cc(-c2nc3cc(F)ccc3s2)ccc1NC(=O)[C@@H](N)CCCCN.Cl. The number of fused-ring (bicyclic) bond motifs is 1. The summed E-state index contributed by atoms with van der Waals surface area (Å²) in [6, 6.07) is 9.77. The summed E-state index contributed by atoms with van der Waals surface area (Å²) in [7, 11) is 0. The molecular weight excluding hydrogens is 399 g/mol. The van der Waals surface area contributed by atoms with Gasteiger partial charge in [0.25, 0.3) is 0 Å². The smallest absolute Gasteiger partial charge is 0.241 e. The molecule has 0 fully saturated rings. The van der Waals surface area contributed by atoms with E-state index in [1.165, 1.54) is 23.5 Å². The van der Waals surface area contributed by atoms with Crippen LogP contribution in [0.1, 0.15) is 24.8 Å². The first kappa shape index (κ1) is 22.2. The number of aryl methyl sites for hydroxylation is 1. The molecule has 1 heterocycles. The number of hydrogen-bond acceptors (Lipinski definition) is 5. The molecule has 0 bridgehead atoms. The number of anilines is 1. The van der Waals surface area contributed by atoms with Crippen molar-refractivity contribution in [2.45, 2.75) is 32.2 Å². The third-order valence-electron chi connectivity index (χ3n) is 4.39. The molecule has 1 atom stereocenters. The molecular formula is C20H24ClFN4OS. The van der Waals surface area contributed by atoms with Crippen LogP contribution in [0.5, 0.6) is 0 Å². The quantitative estimate of drug-likeness (QED) is 0.496. The Morgan fingerprint density at radius 3 is 2.75 bits per heavy atom. The van der Waals surface area contributed by atoms with E-state index in [4.69, 9.17) is 11.5 Å². The molecule has 0 aliphatic carbocycles. The van der Waals surface area contributed by atoms with Gasteiger partial charge in [-0.3, -0.25) is 4.79 Å². The number of nitrogens with one attached hydrogen (secondary N) is 1. The van der Waals surface area contributed by atoms with E-state index >= 15 is 0 Å². The number of nitrogens with two attached hydrogens (primary N) is 2. The van der Waals surface area contributed by atoms with Crippen LogP contribution in [0.2, 0.25) is 0 Å². The lowest BCUT2D eigenvalue weighted by molar-refractivity contribution is -0.117. The van der Waals surface area contributed by atoms with E-state index in [0.717, 1.165) is 39.4 Å². The molecule has 150 valence electrons. The van der Waals surface area contributed by atoms with Gasteiger partial charge >= 0.3 is 0 Å². The topological polar surface area (TPSA) is 94.0 Å². The van der Waals surface area contributed by atoms with E-state index in [1.54, 1.807) is 6.07 Å². The standard InChI is InChI=1S/C20H23FN4OS.ClH/c1-12-10-13(20-25-17-11-14(21)6-8-18(17)27-20)5-7-16(12)24-19(26)15(23)4-2-3-9-22;/h5-8,10-11,15H,2-4,9,22-23H2,1H3,(H,24,26);1H/t15-;/m0./s1. The number of benzene rings is 2. The van der Waals surface area contributed by atoms with E-state index in [-0.39, 0.29) is 24.1 Å². The maximum Gasteiger partial charge on any atom is 0.241 e. The summed E-state index contributed by atoms with van der Waals surface area (Å²) in [5.74, 6) is -0.491. The van der Waals surface area contributed by atoms with Gasteiger partial charge in [0.2, 0.25) is 5.91 Å². The van der Waals surface area contributed by atoms with Gasteiger partial charge in [0.1, 0.15) is 10.8 Å². The van der Waals surface area contributed by atoms with Crippen LogP contribution in [0.3, 0.4) is 0 Å². The van der Waals surface area contributed by atoms with Crippen molar-refractivity contribution in [3.8, 4) is 10.6 Å². The molecule has 8 heteroatoms. The molecule has 2 aromatic carbocycles. The number of rotatable bonds is 7. The largest absolute Gasteiger partial charge is 0.330 e. The highest BCUT2D eigenvalue weighted by molar-refractivity contribution is 7.21. The van der Waals surface area contributed by atoms with Crippen molar-refractivity contribution < 1.29 is 9.18 Å². The fourth-order valence-electron chi connectivity index (χ4n) is 2.83. The maximum absolute atomic E-state index is 13.4. The lowest BCUT2D eigenvalue weighted by atomic mass is 10.1.